The smallest absolute Gasteiger partial charge is 0.231 e. The summed E-state index contributed by atoms with van der Waals surface area (Å²) >= 11 is 6.03. The number of hydrogen-bond donors (Lipinski definition) is 0. The summed E-state index contributed by atoms with van der Waals surface area (Å²) in [4.78, 5) is 19.0. The van der Waals surface area contributed by atoms with Crippen molar-refractivity contribution in [2.24, 2.45) is 0 Å². The maximum absolute atomic E-state index is 12.9. The van der Waals surface area contributed by atoms with E-state index in [1.165, 1.54) is 0 Å². The summed E-state index contributed by atoms with van der Waals surface area (Å²) in [5.41, 5.74) is 3.78. The second-order valence-corrected chi connectivity index (χ2v) is 6.86. The topological polar surface area (TPSA) is 66.2 Å². The van der Waals surface area contributed by atoms with Crippen LogP contribution in [0.4, 0.5) is 5.69 Å². The molecular formula is C22H16ClN3O2. The number of fused-ring (bicyclic) bond motifs is 1. The maximum atomic E-state index is 12.9. The fourth-order valence-electron chi connectivity index (χ4n) is 3.25. The van der Waals surface area contributed by atoms with Crippen LogP contribution >= 0.6 is 11.6 Å². The molecule has 0 radical (unpaired) electrons. The number of benzene rings is 2. The number of carbonyl (C=O) groups is 1. The minimum absolute atomic E-state index is 0.0365. The molecule has 2 heterocycles. The van der Waals surface area contributed by atoms with Gasteiger partial charge in [-0.2, -0.15) is 5.26 Å². The van der Waals surface area contributed by atoms with Gasteiger partial charge in [-0.15, -0.1) is 0 Å². The molecular weight excluding hydrogens is 374 g/mol. The molecule has 5 nitrogen and oxygen atoms in total. The fraction of sp³-hybridized carbons (Fsp3) is 0.136. The van der Waals surface area contributed by atoms with Gasteiger partial charge in [0, 0.05) is 16.8 Å². The average molecular weight is 390 g/mol. The van der Waals surface area contributed by atoms with Gasteiger partial charge in [0.15, 0.2) is 5.75 Å². The Morgan fingerprint density at radius 1 is 1.21 bits per heavy atom. The van der Waals surface area contributed by atoms with E-state index < -0.39 is 0 Å². The van der Waals surface area contributed by atoms with Crippen LogP contribution in [-0.4, -0.2) is 24.0 Å². The molecule has 2 aromatic carbocycles. The van der Waals surface area contributed by atoms with Gasteiger partial charge in [-0.25, -0.2) is 0 Å². The molecule has 1 aliphatic rings. The van der Waals surface area contributed by atoms with Crippen molar-refractivity contribution in [3.05, 3.63) is 77.1 Å². The number of nitriles is 1. The summed E-state index contributed by atoms with van der Waals surface area (Å²) in [6.07, 6.45) is 3.61. The molecule has 1 aliphatic heterocycles. The number of pyridine rings is 1. The third kappa shape index (κ3) is 3.55. The van der Waals surface area contributed by atoms with Crippen LogP contribution in [0, 0.1) is 11.3 Å². The van der Waals surface area contributed by atoms with Gasteiger partial charge in [0.05, 0.1) is 30.8 Å². The number of ether oxygens (including phenoxy) is 1. The van der Waals surface area contributed by atoms with Gasteiger partial charge in [-0.1, -0.05) is 35.9 Å². The zero-order chi connectivity index (χ0) is 19.5. The predicted octanol–water partition coefficient (Wildman–Crippen LogP) is 4.24. The Morgan fingerprint density at radius 2 is 2.04 bits per heavy atom. The first-order valence-corrected chi connectivity index (χ1v) is 9.19. The van der Waals surface area contributed by atoms with E-state index in [1.807, 2.05) is 24.3 Å². The van der Waals surface area contributed by atoms with Gasteiger partial charge in [0.2, 0.25) is 5.91 Å². The van der Waals surface area contributed by atoms with Crippen molar-refractivity contribution in [2.75, 3.05) is 18.1 Å². The van der Waals surface area contributed by atoms with E-state index in [-0.39, 0.29) is 12.3 Å². The summed E-state index contributed by atoms with van der Waals surface area (Å²) < 4.78 is 5.90. The minimum atomic E-state index is -0.0365. The molecule has 0 bridgehead atoms. The lowest BCUT2D eigenvalue weighted by Gasteiger charge is -2.30. The van der Waals surface area contributed by atoms with E-state index in [0.29, 0.717) is 35.2 Å². The number of carbonyl (C=O) groups excluding carboxylic acids is 1. The Labute approximate surface area is 167 Å². The average Bonchev–Trinajstić information content (AvgIpc) is 2.73. The molecule has 4 rings (SSSR count). The lowest BCUT2D eigenvalue weighted by atomic mass is 10.0. The Kier molecular flexibility index (Phi) is 4.96. The van der Waals surface area contributed by atoms with Crippen LogP contribution in [0.1, 0.15) is 11.1 Å². The molecule has 0 saturated heterocycles. The third-order valence-corrected chi connectivity index (χ3v) is 4.84. The van der Waals surface area contributed by atoms with Crippen molar-refractivity contribution in [1.29, 1.82) is 5.26 Å². The molecule has 1 aromatic heterocycles. The maximum Gasteiger partial charge on any atom is 0.231 e. The molecule has 0 aliphatic carbocycles. The zero-order valence-corrected chi connectivity index (χ0v) is 15.7. The zero-order valence-electron chi connectivity index (χ0n) is 14.9. The van der Waals surface area contributed by atoms with Crippen molar-refractivity contribution >= 4 is 23.2 Å². The van der Waals surface area contributed by atoms with Crippen LogP contribution in [0.3, 0.4) is 0 Å². The van der Waals surface area contributed by atoms with E-state index in [4.69, 9.17) is 21.6 Å². The van der Waals surface area contributed by atoms with Crippen molar-refractivity contribution < 1.29 is 9.53 Å². The van der Waals surface area contributed by atoms with E-state index in [9.17, 15) is 4.79 Å². The van der Waals surface area contributed by atoms with Crippen LogP contribution in [0.15, 0.2) is 60.9 Å². The van der Waals surface area contributed by atoms with Crippen molar-refractivity contribution in [3.63, 3.8) is 0 Å². The lowest BCUT2D eigenvalue weighted by molar-refractivity contribution is -0.118. The highest BCUT2D eigenvalue weighted by Crippen LogP contribution is 2.40. The molecule has 6 heteroatoms. The first-order valence-electron chi connectivity index (χ1n) is 8.82. The van der Waals surface area contributed by atoms with Crippen LogP contribution in [0.5, 0.6) is 5.75 Å². The molecule has 138 valence electrons. The van der Waals surface area contributed by atoms with E-state index >= 15 is 0 Å². The quantitative estimate of drug-likeness (QED) is 0.672. The van der Waals surface area contributed by atoms with Crippen molar-refractivity contribution in [1.82, 2.24) is 4.98 Å². The summed E-state index contributed by atoms with van der Waals surface area (Å²) in [6.45, 7) is 0.868. The normalized spacial score (nSPS) is 12.6. The Bertz CT molecular complexity index is 1070. The van der Waals surface area contributed by atoms with Gasteiger partial charge < -0.3 is 9.64 Å². The molecule has 28 heavy (non-hydrogen) atoms. The van der Waals surface area contributed by atoms with Gasteiger partial charge in [0.1, 0.15) is 12.3 Å². The Hall–Kier alpha value is -3.36. The molecule has 0 N–H and O–H groups in total. The Balaban J connectivity index is 1.66. The van der Waals surface area contributed by atoms with Gasteiger partial charge in [-0.3, -0.25) is 9.78 Å². The second kappa shape index (κ2) is 7.71. The number of rotatable bonds is 3. The lowest BCUT2D eigenvalue weighted by Crippen LogP contribution is -2.39. The van der Waals surface area contributed by atoms with E-state index in [0.717, 1.165) is 16.7 Å². The number of hydrogen-bond acceptors (Lipinski definition) is 4. The first kappa shape index (κ1) is 18.0. The van der Waals surface area contributed by atoms with Crippen molar-refractivity contribution in [3.8, 4) is 22.9 Å². The molecule has 0 spiro atoms. The summed E-state index contributed by atoms with van der Waals surface area (Å²) in [7, 11) is 0. The number of nitrogens with zero attached hydrogens (tertiary/aromatic N) is 3. The van der Waals surface area contributed by atoms with Gasteiger partial charge in [0.25, 0.3) is 0 Å². The predicted molar refractivity (Wildman–Crippen MR) is 107 cm³/mol. The van der Waals surface area contributed by atoms with E-state index in [1.54, 1.807) is 41.6 Å². The highest BCUT2D eigenvalue weighted by Gasteiger charge is 2.26. The van der Waals surface area contributed by atoms with Crippen molar-refractivity contribution in [2.45, 2.75) is 6.42 Å². The third-order valence-electron chi connectivity index (χ3n) is 4.60. The monoisotopic (exact) mass is 389 g/mol. The fourth-order valence-corrected chi connectivity index (χ4v) is 3.46. The Morgan fingerprint density at radius 3 is 2.79 bits per heavy atom. The standard InChI is InChI=1S/C22H16ClN3O2/c23-18-3-1-2-16(10-18)11-21(27)26-8-9-28-22-19(13-25-14-20(22)26)17-6-4-15(12-24)5-7-17/h1-7,10,13-14H,8-9,11H2. The summed E-state index contributed by atoms with van der Waals surface area (Å²) in [5, 5.41) is 9.59. The highest BCUT2D eigenvalue weighted by molar-refractivity contribution is 6.30. The summed E-state index contributed by atoms with van der Waals surface area (Å²) in [6, 6.07) is 16.6. The van der Waals surface area contributed by atoms with Gasteiger partial charge in [-0.05, 0) is 35.4 Å². The SMILES string of the molecule is N#Cc1ccc(-c2cncc3c2OCCN3C(=O)Cc2cccc(Cl)c2)cc1. The number of anilines is 1. The number of amides is 1. The molecule has 0 saturated carbocycles. The molecule has 3 aromatic rings. The van der Waals surface area contributed by atoms with Crippen LogP contribution in [0.2, 0.25) is 5.02 Å². The molecule has 0 fully saturated rings. The van der Waals surface area contributed by atoms with E-state index in [2.05, 4.69) is 11.1 Å². The van der Waals surface area contributed by atoms with Crippen LogP contribution in [0.25, 0.3) is 11.1 Å². The number of aromatic nitrogens is 1. The summed E-state index contributed by atoms with van der Waals surface area (Å²) in [5.74, 6) is 0.594. The first-order chi connectivity index (χ1) is 13.7. The molecule has 0 atom stereocenters. The number of halogens is 1. The molecule has 1 amide bonds. The second-order valence-electron chi connectivity index (χ2n) is 6.42. The molecule has 0 unspecified atom stereocenters. The van der Waals surface area contributed by atoms with Gasteiger partial charge >= 0.3 is 0 Å². The van der Waals surface area contributed by atoms with Crippen LogP contribution in [-0.2, 0) is 11.2 Å². The van der Waals surface area contributed by atoms with Crippen LogP contribution < -0.4 is 9.64 Å². The largest absolute Gasteiger partial charge is 0.489 e. The minimum Gasteiger partial charge on any atom is -0.489 e. The highest BCUT2D eigenvalue weighted by atomic mass is 35.5.